The molecule has 0 atom stereocenters. The van der Waals surface area contributed by atoms with Gasteiger partial charge in [-0.1, -0.05) is 17.3 Å². The molecule has 0 saturated carbocycles. The Morgan fingerprint density at radius 1 is 1.26 bits per heavy atom. The van der Waals surface area contributed by atoms with Crippen molar-refractivity contribution in [3.05, 3.63) is 41.3 Å². The molecule has 0 radical (unpaired) electrons. The van der Waals surface area contributed by atoms with Gasteiger partial charge in [0.05, 0.1) is 23.5 Å². The Balaban J connectivity index is 2.15. The number of fused-ring (bicyclic) bond motifs is 1. The van der Waals surface area contributed by atoms with Gasteiger partial charge in [0.1, 0.15) is 5.82 Å². The van der Waals surface area contributed by atoms with Crippen LogP contribution in [0.1, 0.15) is 23.1 Å². The van der Waals surface area contributed by atoms with Gasteiger partial charge >= 0.3 is 0 Å². The third-order valence-electron chi connectivity index (χ3n) is 3.04. The highest BCUT2D eigenvalue weighted by molar-refractivity contribution is 6.16. The Kier molecular flexibility index (Phi) is 2.98. The average Bonchev–Trinajstić information content (AvgIpc) is 2.95. The monoisotopic (exact) mass is 276 g/mol. The van der Waals surface area contributed by atoms with Crippen molar-refractivity contribution in [1.82, 2.24) is 19.7 Å². The third-order valence-corrected chi connectivity index (χ3v) is 3.28. The summed E-state index contributed by atoms with van der Waals surface area (Å²) in [7, 11) is 0. The minimum atomic E-state index is 0.352. The van der Waals surface area contributed by atoms with Gasteiger partial charge < -0.3 is 9.09 Å². The normalized spacial score (nSPS) is 11.3. The van der Waals surface area contributed by atoms with Crippen LogP contribution in [-0.2, 0) is 12.4 Å². The lowest BCUT2D eigenvalue weighted by Crippen LogP contribution is -2.06. The molecule has 0 unspecified atom stereocenters. The summed E-state index contributed by atoms with van der Waals surface area (Å²) in [6.45, 7) is 4.34. The number of hydrogen-bond donors (Lipinski definition) is 0. The highest BCUT2D eigenvalue weighted by Gasteiger charge is 2.14. The quantitative estimate of drug-likeness (QED) is 0.690. The lowest BCUT2D eigenvalue weighted by atomic mass is 10.2. The summed E-state index contributed by atoms with van der Waals surface area (Å²) in [6.07, 6.45) is 0. The Labute approximate surface area is 115 Å². The molecule has 0 aliphatic heterocycles. The predicted molar refractivity (Wildman–Crippen MR) is 72.2 cm³/mol. The van der Waals surface area contributed by atoms with Gasteiger partial charge in [-0.2, -0.15) is 4.98 Å². The topological polar surface area (TPSA) is 56.7 Å². The molecule has 0 saturated heterocycles. The van der Waals surface area contributed by atoms with E-state index in [1.165, 1.54) is 0 Å². The first-order valence-electron chi connectivity index (χ1n) is 5.99. The molecule has 0 spiro atoms. The number of nitrogens with zero attached hydrogens (tertiary/aromatic N) is 4. The molecule has 0 aliphatic rings. The van der Waals surface area contributed by atoms with Gasteiger partial charge in [-0.15, -0.1) is 11.6 Å². The van der Waals surface area contributed by atoms with Crippen molar-refractivity contribution in [2.75, 3.05) is 0 Å². The first kappa shape index (κ1) is 12.2. The highest BCUT2D eigenvalue weighted by Crippen LogP contribution is 2.22. The van der Waals surface area contributed by atoms with Crippen LogP contribution in [0, 0.1) is 13.8 Å². The van der Waals surface area contributed by atoms with Crippen molar-refractivity contribution in [2.24, 2.45) is 0 Å². The zero-order valence-electron chi connectivity index (χ0n) is 10.7. The molecular formula is C13H13ClN4O. The zero-order valence-corrected chi connectivity index (χ0v) is 11.5. The fraction of sp³-hybridized carbons (Fsp3) is 0.308. The standard InChI is InChI=1S/C13H13ClN4O/c1-8-4-3-5-10-13(8)18(12(6-14)16-10)7-11-15-9(2)19-17-11/h3-5H,6-7H2,1-2H3. The van der Waals surface area contributed by atoms with Gasteiger partial charge in [-0.05, 0) is 18.6 Å². The Bertz CT molecular complexity index is 731. The summed E-state index contributed by atoms with van der Waals surface area (Å²) in [4.78, 5) is 8.77. The van der Waals surface area contributed by atoms with Crippen molar-refractivity contribution in [1.29, 1.82) is 0 Å². The van der Waals surface area contributed by atoms with Gasteiger partial charge in [0.2, 0.25) is 5.89 Å². The lowest BCUT2D eigenvalue weighted by molar-refractivity contribution is 0.386. The average molecular weight is 277 g/mol. The van der Waals surface area contributed by atoms with E-state index in [9.17, 15) is 0 Å². The second-order valence-corrected chi connectivity index (χ2v) is 4.69. The van der Waals surface area contributed by atoms with Crippen molar-refractivity contribution < 1.29 is 4.52 Å². The molecule has 3 aromatic rings. The minimum absolute atomic E-state index is 0.352. The number of halogens is 1. The summed E-state index contributed by atoms with van der Waals surface area (Å²) in [5.41, 5.74) is 3.16. The molecule has 5 nitrogen and oxygen atoms in total. The van der Waals surface area contributed by atoms with Gasteiger partial charge in [0.25, 0.3) is 0 Å². The summed E-state index contributed by atoms with van der Waals surface area (Å²) >= 11 is 5.98. The minimum Gasteiger partial charge on any atom is -0.340 e. The molecule has 3 rings (SSSR count). The maximum absolute atomic E-state index is 5.98. The number of rotatable bonds is 3. The number of imidazole rings is 1. The fourth-order valence-corrected chi connectivity index (χ4v) is 2.44. The SMILES string of the molecule is Cc1nc(Cn2c(CCl)nc3cccc(C)c32)no1. The van der Waals surface area contributed by atoms with Crippen LogP contribution in [0.4, 0.5) is 0 Å². The van der Waals surface area contributed by atoms with Crippen molar-refractivity contribution in [3.63, 3.8) is 0 Å². The second-order valence-electron chi connectivity index (χ2n) is 4.42. The molecule has 2 heterocycles. The van der Waals surface area contributed by atoms with Gasteiger partial charge in [0.15, 0.2) is 5.82 Å². The van der Waals surface area contributed by atoms with Crippen LogP contribution < -0.4 is 0 Å². The highest BCUT2D eigenvalue weighted by atomic mass is 35.5. The molecule has 1 aromatic carbocycles. The van der Waals surface area contributed by atoms with Crippen molar-refractivity contribution >= 4 is 22.6 Å². The largest absolute Gasteiger partial charge is 0.340 e. The number of alkyl halides is 1. The molecule has 19 heavy (non-hydrogen) atoms. The van der Waals surface area contributed by atoms with E-state index in [0.717, 1.165) is 22.4 Å². The van der Waals surface area contributed by atoms with E-state index in [1.807, 2.05) is 16.7 Å². The van der Waals surface area contributed by atoms with Crippen LogP contribution in [0.25, 0.3) is 11.0 Å². The number of aromatic nitrogens is 4. The number of benzene rings is 1. The maximum atomic E-state index is 5.98. The van der Waals surface area contributed by atoms with Gasteiger partial charge in [-0.3, -0.25) is 0 Å². The van der Waals surface area contributed by atoms with E-state index < -0.39 is 0 Å². The smallest absolute Gasteiger partial charge is 0.223 e. The lowest BCUT2D eigenvalue weighted by Gasteiger charge is -2.06. The van der Waals surface area contributed by atoms with Crippen LogP contribution in [0.15, 0.2) is 22.7 Å². The molecule has 2 aromatic heterocycles. The molecular weight excluding hydrogens is 264 g/mol. The van der Waals surface area contributed by atoms with E-state index in [1.54, 1.807) is 6.92 Å². The molecule has 0 amide bonds. The Hall–Kier alpha value is -1.88. The predicted octanol–water partition coefficient (Wildman–Crippen LogP) is 2.82. The summed E-state index contributed by atoms with van der Waals surface area (Å²) in [6, 6.07) is 6.03. The van der Waals surface area contributed by atoms with Crippen molar-refractivity contribution in [2.45, 2.75) is 26.3 Å². The number of para-hydroxylation sites is 1. The molecule has 6 heteroatoms. The first-order chi connectivity index (χ1) is 9.19. The first-order valence-corrected chi connectivity index (χ1v) is 6.52. The number of hydrogen-bond acceptors (Lipinski definition) is 4. The molecule has 0 fully saturated rings. The van der Waals surface area contributed by atoms with Crippen LogP contribution in [0.3, 0.4) is 0 Å². The van der Waals surface area contributed by atoms with E-state index in [0.29, 0.717) is 24.1 Å². The molecule has 98 valence electrons. The van der Waals surface area contributed by atoms with Gasteiger partial charge in [-0.25, -0.2) is 4.98 Å². The zero-order chi connectivity index (χ0) is 13.4. The third kappa shape index (κ3) is 2.10. The summed E-state index contributed by atoms with van der Waals surface area (Å²) in [5.74, 6) is 2.36. The van der Waals surface area contributed by atoms with E-state index in [2.05, 4.69) is 28.1 Å². The summed E-state index contributed by atoms with van der Waals surface area (Å²) < 4.78 is 7.04. The van der Waals surface area contributed by atoms with E-state index >= 15 is 0 Å². The van der Waals surface area contributed by atoms with Crippen LogP contribution >= 0.6 is 11.6 Å². The van der Waals surface area contributed by atoms with Crippen LogP contribution in [-0.4, -0.2) is 19.7 Å². The van der Waals surface area contributed by atoms with Crippen molar-refractivity contribution in [3.8, 4) is 0 Å². The number of aryl methyl sites for hydroxylation is 2. The molecule has 0 N–H and O–H groups in total. The maximum Gasteiger partial charge on any atom is 0.223 e. The second kappa shape index (κ2) is 4.66. The molecule has 0 bridgehead atoms. The molecule has 0 aliphatic carbocycles. The van der Waals surface area contributed by atoms with E-state index in [4.69, 9.17) is 16.1 Å². The summed E-state index contributed by atoms with van der Waals surface area (Å²) in [5, 5.41) is 3.92. The fourth-order valence-electron chi connectivity index (χ4n) is 2.23. The van der Waals surface area contributed by atoms with Crippen LogP contribution in [0.5, 0.6) is 0 Å². The van der Waals surface area contributed by atoms with Gasteiger partial charge in [0, 0.05) is 6.92 Å². The Morgan fingerprint density at radius 3 is 2.79 bits per heavy atom. The van der Waals surface area contributed by atoms with E-state index in [-0.39, 0.29) is 0 Å². The Morgan fingerprint density at radius 2 is 2.11 bits per heavy atom. The van der Waals surface area contributed by atoms with Crippen LogP contribution in [0.2, 0.25) is 0 Å².